The third-order valence-corrected chi connectivity index (χ3v) is 6.43. The van der Waals surface area contributed by atoms with Gasteiger partial charge in [0.15, 0.2) is 0 Å². The van der Waals surface area contributed by atoms with Crippen molar-refractivity contribution >= 4 is 43.5 Å². The minimum atomic E-state index is -3.77. The summed E-state index contributed by atoms with van der Waals surface area (Å²) in [6, 6.07) is 2.38. The molecule has 0 unspecified atom stereocenters. The lowest BCUT2D eigenvalue weighted by molar-refractivity contribution is 0.0696. The summed E-state index contributed by atoms with van der Waals surface area (Å²) >= 11 is 8.93. The Kier molecular flexibility index (Phi) is 4.68. The normalized spacial score (nSPS) is 17.3. The molecule has 8 heteroatoms. The maximum atomic E-state index is 12.3. The highest BCUT2D eigenvalue weighted by Gasteiger charge is 2.33. The number of hydrogen-bond acceptors (Lipinski definition) is 3. The molecule has 0 spiro atoms. The smallest absolute Gasteiger partial charge is 0.337 e. The van der Waals surface area contributed by atoms with Gasteiger partial charge in [-0.15, -0.1) is 0 Å². The molecule has 1 fully saturated rings. The molecule has 1 aromatic rings. The third-order valence-electron chi connectivity index (χ3n) is 3.79. The molecule has 2 rings (SSSR count). The molecule has 0 atom stereocenters. The lowest BCUT2D eigenvalue weighted by Gasteiger charge is -2.38. The van der Waals surface area contributed by atoms with E-state index in [1.807, 2.05) is 6.92 Å². The first kappa shape index (κ1) is 16.7. The van der Waals surface area contributed by atoms with Crippen LogP contribution >= 0.6 is 27.5 Å². The van der Waals surface area contributed by atoms with E-state index in [2.05, 4.69) is 20.7 Å². The van der Waals surface area contributed by atoms with Crippen molar-refractivity contribution in [3.63, 3.8) is 0 Å². The van der Waals surface area contributed by atoms with Crippen LogP contribution in [0.15, 0.2) is 21.5 Å². The van der Waals surface area contributed by atoms with Crippen molar-refractivity contribution in [2.75, 3.05) is 6.54 Å². The number of aromatic carboxylic acids is 1. The SMILES string of the molecule is CC1(CNS(=O)(=O)c2cc(Br)c(Cl)c(C(=O)O)c2)CCC1. The maximum Gasteiger partial charge on any atom is 0.337 e. The summed E-state index contributed by atoms with van der Waals surface area (Å²) in [5.41, 5.74) is -0.256. The first-order valence-corrected chi connectivity index (χ1v) is 9.02. The van der Waals surface area contributed by atoms with Crippen LogP contribution in [0.4, 0.5) is 0 Å². The Bertz CT molecular complexity index is 686. The summed E-state index contributed by atoms with van der Waals surface area (Å²) in [6.45, 7) is 2.37. The molecule has 0 aliphatic heterocycles. The molecule has 0 radical (unpaired) electrons. The molecule has 0 bridgehead atoms. The van der Waals surface area contributed by atoms with Gasteiger partial charge < -0.3 is 5.11 Å². The molecule has 1 aromatic carbocycles. The summed E-state index contributed by atoms with van der Waals surface area (Å²) in [4.78, 5) is 11.0. The minimum absolute atomic E-state index is 0.00758. The minimum Gasteiger partial charge on any atom is -0.478 e. The molecule has 0 amide bonds. The Morgan fingerprint density at radius 1 is 1.48 bits per heavy atom. The van der Waals surface area contributed by atoms with E-state index in [0.29, 0.717) is 6.54 Å². The highest BCUT2D eigenvalue weighted by atomic mass is 79.9. The lowest BCUT2D eigenvalue weighted by atomic mass is 9.71. The molecule has 116 valence electrons. The number of benzene rings is 1. The standard InChI is InChI=1S/C13H15BrClNO4S/c1-13(3-2-4-13)7-16-21(19,20)8-5-9(12(17)18)11(15)10(14)6-8/h5-6,16H,2-4,7H2,1H3,(H,17,18). The van der Waals surface area contributed by atoms with Gasteiger partial charge in [0.2, 0.25) is 10.0 Å². The van der Waals surface area contributed by atoms with E-state index in [4.69, 9.17) is 16.7 Å². The number of hydrogen-bond donors (Lipinski definition) is 2. The zero-order chi connectivity index (χ0) is 15.8. The lowest BCUT2D eigenvalue weighted by Crippen LogP contribution is -2.39. The second-order valence-corrected chi connectivity index (χ2v) is 8.56. The van der Waals surface area contributed by atoms with Crippen molar-refractivity contribution in [2.24, 2.45) is 5.41 Å². The molecule has 0 aromatic heterocycles. The quantitative estimate of drug-likeness (QED) is 0.800. The monoisotopic (exact) mass is 395 g/mol. The van der Waals surface area contributed by atoms with Gasteiger partial charge in [0.25, 0.3) is 0 Å². The number of carboxylic acids is 1. The predicted octanol–water partition coefficient (Wildman–Crippen LogP) is 3.27. The zero-order valence-corrected chi connectivity index (χ0v) is 14.5. The van der Waals surface area contributed by atoms with Crippen LogP contribution in [0, 0.1) is 5.41 Å². The summed E-state index contributed by atoms with van der Waals surface area (Å²) in [5, 5.41) is 9.05. The van der Waals surface area contributed by atoms with Crippen molar-refractivity contribution in [1.29, 1.82) is 0 Å². The highest BCUT2D eigenvalue weighted by molar-refractivity contribution is 9.10. The fourth-order valence-electron chi connectivity index (χ4n) is 2.18. The third kappa shape index (κ3) is 3.59. The first-order valence-electron chi connectivity index (χ1n) is 6.37. The fraction of sp³-hybridized carbons (Fsp3) is 0.462. The first-order chi connectivity index (χ1) is 9.65. The van der Waals surface area contributed by atoms with Crippen molar-refractivity contribution in [3.8, 4) is 0 Å². The summed E-state index contributed by atoms with van der Waals surface area (Å²) < 4.78 is 27.4. The summed E-state index contributed by atoms with van der Waals surface area (Å²) in [6.07, 6.45) is 3.08. The average Bonchev–Trinajstić information content (AvgIpc) is 2.36. The molecule has 0 saturated heterocycles. The maximum absolute atomic E-state index is 12.3. The van der Waals surface area contributed by atoms with E-state index in [-0.39, 0.29) is 25.4 Å². The van der Waals surface area contributed by atoms with Gasteiger partial charge >= 0.3 is 5.97 Å². The molecule has 1 aliphatic carbocycles. The second kappa shape index (κ2) is 5.87. The Morgan fingerprint density at radius 3 is 2.57 bits per heavy atom. The van der Waals surface area contributed by atoms with E-state index in [1.54, 1.807) is 0 Å². The Labute approximate surface area is 136 Å². The van der Waals surface area contributed by atoms with Gasteiger partial charge in [-0.3, -0.25) is 0 Å². The topological polar surface area (TPSA) is 83.5 Å². The largest absolute Gasteiger partial charge is 0.478 e. The number of halogens is 2. The molecule has 21 heavy (non-hydrogen) atoms. The van der Waals surface area contributed by atoms with Gasteiger partial charge in [-0.1, -0.05) is 24.9 Å². The second-order valence-electron chi connectivity index (χ2n) is 5.56. The molecule has 1 saturated carbocycles. The van der Waals surface area contributed by atoms with Crippen molar-refractivity contribution in [1.82, 2.24) is 4.72 Å². The molecule has 5 nitrogen and oxygen atoms in total. The van der Waals surface area contributed by atoms with Gasteiger partial charge in [0, 0.05) is 11.0 Å². The van der Waals surface area contributed by atoms with Gasteiger partial charge in [-0.2, -0.15) is 0 Å². The van der Waals surface area contributed by atoms with Gasteiger partial charge in [0.1, 0.15) is 0 Å². The predicted molar refractivity (Wildman–Crippen MR) is 83.3 cm³/mol. The van der Waals surface area contributed by atoms with Crippen LogP contribution in [0.5, 0.6) is 0 Å². The molecular weight excluding hydrogens is 382 g/mol. The number of rotatable bonds is 5. The summed E-state index contributed by atoms with van der Waals surface area (Å²) in [7, 11) is -3.77. The van der Waals surface area contributed by atoms with E-state index in [0.717, 1.165) is 25.3 Å². The van der Waals surface area contributed by atoms with Gasteiger partial charge in [-0.25, -0.2) is 17.9 Å². The fourth-order valence-corrected chi connectivity index (χ4v) is 4.24. The highest BCUT2D eigenvalue weighted by Crippen LogP contribution is 2.39. The van der Waals surface area contributed by atoms with Crippen LogP contribution in [0.3, 0.4) is 0 Å². The Morgan fingerprint density at radius 2 is 2.10 bits per heavy atom. The van der Waals surface area contributed by atoms with Crippen LogP contribution in [0.25, 0.3) is 0 Å². The van der Waals surface area contributed by atoms with Crippen LogP contribution in [-0.2, 0) is 10.0 Å². The van der Waals surface area contributed by atoms with Crippen LogP contribution in [-0.4, -0.2) is 26.0 Å². The van der Waals surface area contributed by atoms with Crippen LogP contribution < -0.4 is 4.72 Å². The number of carboxylic acid groups (broad SMARTS) is 1. The van der Waals surface area contributed by atoms with Crippen molar-refractivity contribution in [3.05, 3.63) is 27.2 Å². The number of carbonyl (C=O) groups is 1. The van der Waals surface area contributed by atoms with E-state index in [1.165, 1.54) is 6.07 Å². The van der Waals surface area contributed by atoms with Crippen LogP contribution in [0.1, 0.15) is 36.5 Å². The van der Waals surface area contributed by atoms with E-state index < -0.39 is 16.0 Å². The molecule has 1 aliphatic rings. The zero-order valence-electron chi connectivity index (χ0n) is 11.3. The number of sulfonamides is 1. The van der Waals surface area contributed by atoms with E-state index >= 15 is 0 Å². The average molecular weight is 397 g/mol. The van der Waals surface area contributed by atoms with Gasteiger partial charge in [0.05, 0.1) is 15.5 Å². The molecule has 2 N–H and O–H groups in total. The van der Waals surface area contributed by atoms with E-state index in [9.17, 15) is 13.2 Å². The summed E-state index contributed by atoms with van der Waals surface area (Å²) in [5.74, 6) is -1.27. The molecular formula is C13H15BrClNO4S. The number of nitrogens with one attached hydrogen (secondary N) is 1. The van der Waals surface area contributed by atoms with Crippen LogP contribution in [0.2, 0.25) is 5.02 Å². The Balaban J connectivity index is 2.29. The molecule has 0 heterocycles. The van der Waals surface area contributed by atoms with Gasteiger partial charge in [-0.05, 0) is 46.3 Å². The Hall–Kier alpha value is -0.630. The van der Waals surface area contributed by atoms with Crippen molar-refractivity contribution < 1.29 is 18.3 Å². The van der Waals surface area contributed by atoms with Crippen molar-refractivity contribution in [2.45, 2.75) is 31.1 Å².